The average Bonchev–Trinajstić information content (AvgIpc) is 3.27. The molecule has 2 aromatic rings. The SMILES string of the molecule is O=C(NCC1(c2ccc(F)cc2)CC1)C1CNNC1c1ccccc1. The van der Waals surface area contributed by atoms with Gasteiger partial charge in [0.2, 0.25) is 5.91 Å². The quantitative estimate of drug-likeness (QED) is 0.784. The van der Waals surface area contributed by atoms with Crippen LogP contribution >= 0.6 is 0 Å². The number of halogens is 1. The van der Waals surface area contributed by atoms with Gasteiger partial charge in [0.05, 0.1) is 12.0 Å². The lowest BCUT2D eigenvalue weighted by molar-refractivity contribution is -0.125. The molecule has 1 heterocycles. The van der Waals surface area contributed by atoms with Crippen LogP contribution in [0.25, 0.3) is 0 Å². The highest BCUT2D eigenvalue weighted by atomic mass is 19.1. The van der Waals surface area contributed by atoms with Gasteiger partial charge >= 0.3 is 0 Å². The van der Waals surface area contributed by atoms with Crippen LogP contribution in [0, 0.1) is 11.7 Å². The molecule has 3 N–H and O–H groups in total. The zero-order chi connectivity index (χ0) is 17.3. The van der Waals surface area contributed by atoms with Crippen LogP contribution in [0.4, 0.5) is 4.39 Å². The lowest BCUT2D eigenvalue weighted by Crippen LogP contribution is -2.39. The van der Waals surface area contributed by atoms with Crippen molar-refractivity contribution in [3.63, 3.8) is 0 Å². The van der Waals surface area contributed by atoms with E-state index in [4.69, 9.17) is 0 Å². The molecule has 2 fully saturated rings. The number of carbonyl (C=O) groups excluding carboxylic acids is 1. The van der Waals surface area contributed by atoms with Gasteiger partial charge in [0, 0.05) is 18.5 Å². The highest BCUT2D eigenvalue weighted by molar-refractivity contribution is 5.80. The molecule has 2 atom stereocenters. The van der Waals surface area contributed by atoms with E-state index in [0.717, 1.165) is 24.0 Å². The van der Waals surface area contributed by atoms with Crippen molar-refractivity contribution >= 4 is 5.91 Å². The van der Waals surface area contributed by atoms with Gasteiger partial charge in [-0.25, -0.2) is 9.82 Å². The smallest absolute Gasteiger partial charge is 0.226 e. The van der Waals surface area contributed by atoms with Gasteiger partial charge in [0.15, 0.2) is 0 Å². The van der Waals surface area contributed by atoms with E-state index in [1.165, 1.54) is 12.1 Å². The lowest BCUT2D eigenvalue weighted by atomic mass is 9.92. The summed E-state index contributed by atoms with van der Waals surface area (Å²) in [5, 5.41) is 3.13. The van der Waals surface area contributed by atoms with E-state index in [-0.39, 0.29) is 29.1 Å². The number of amides is 1. The minimum Gasteiger partial charge on any atom is -0.355 e. The highest BCUT2D eigenvalue weighted by Gasteiger charge is 2.45. The van der Waals surface area contributed by atoms with Gasteiger partial charge in [-0.2, -0.15) is 0 Å². The Morgan fingerprint density at radius 2 is 1.84 bits per heavy atom. The van der Waals surface area contributed by atoms with E-state index in [2.05, 4.69) is 16.2 Å². The van der Waals surface area contributed by atoms with Gasteiger partial charge in [0.25, 0.3) is 0 Å². The molecule has 1 aliphatic carbocycles. The first-order valence-electron chi connectivity index (χ1n) is 8.75. The van der Waals surface area contributed by atoms with Crippen molar-refractivity contribution in [3.05, 3.63) is 71.5 Å². The minimum absolute atomic E-state index is 0.0228. The third-order valence-corrected chi connectivity index (χ3v) is 5.39. The number of hydrazine groups is 1. The number of nitrogens with one attached hydrogen (secondary N) is 3. The zero-order valence-corrected chi connectivity index (χ0v) is 14.0. The Labute approximate surface area is 146 Å². The van der Waals surface area contributed by atoms with Crippen LogP contribution in [-0.4, -0.2) is 19.0 Å². The van der Waals surface area contributed by atoms with Gasteiger partial charge in [-0.1, -0.05) is 42.5 Å². The van der Waals surface area contributed by atoms with Crippen molar-refractivity contribution in [1.29, 1.82) is 0 Å². The average molecular weight is 339 g/mol. The van der Waals surface area contributed by atoms with Crippen LogP contribution in [-0.2, 0) is 10.2 Å². The standard InChI is InChI=1S/C20H22FN3O/c21-16-8-6-15(7-9-16)20(10-11-20)13-22-19(25)17-12-23-24-18(17)14-4-2-1-3-5-14/h1-9,17-18,23-24H,10-13H2,(H,22,25). The minimum atomic E-state index is -0.225. The van der Waals surface area contributed by atoms with E-state index < -0.39 is 0 Å². The molecule has 0 spiro atoms. The van der Waals surface area contributed by atoms with Crippen LogP contribution in [0.3, 0.4) is 0 Å². The third kappa shape index (κ3) is 3.30. The van der Waals surface area contributed by atoms with Crippen LogP contribution in [0.5, 0.6) is 0 Å². The second-order valence-electron chi connectivity index (χ2n) is 7.03. The van der Waals surface area contributed by atoms with Crippen molar-refractivity contribution in [2.24, 2.45) is 5.92 Å². The fourth-order valence-corrected chi connectivity index (χ4v) is 3.63. The molecule has 4 nitrogen and oxygen atoms in total. The second-order valence-corrected chi connectivity index (χ2v) is 7.03. The first kappa shape index (κ1) is 16.2. The molecule has 5 heteroatoms. The van der Waals surface area contributed by atoms with Gasteiger partial charge in [-0.3, -0.25) is 10.2 Å². The van der Waals surface area contributed by atoms with Crippen molar-refractivity contribution in [2.75, 3.05) is 13.1 Å². The van der Waals surface area contributed by atoms with Gasteiger partial charge in [-0.05, 0) is 36.1 Å². The lowest BCUT2D eigenvalue weighted by Gasteiger charge is -2.21. The summed E-state index contributed by atoms with van der Waals surface area (Å²) in [6.07, 6.45) is 2.06. The predicted molar refractivity (Wildman–Crippen MR) is 94.1 cm³/mol. The maximum absolute atomic E-state index is 13.1. The largest absolute Gasteiger partial charge is 0.355 e. The fraction of sp³-hybridized carbons (Fsp3) is 0.350. The van der Waals surface area contributed by atoms with Crippen molar-refractivity contribution in [1.82, 2.24) is 16.2 Å². The Morgan fingerprint density at radius 1 is 1.12 bits per heavy atom. The predicted octanol–water partition coefficient (Wildman–Crippen LogP) is 2.44. The Morgan fingerprint density at radius 3 is 2.52 bits per heavy atom. The van der Waals surface area contributed by atoms with Gasteiger partial charge in [-0.15, -0.1) is 0 Å². The van der Waals surface area contributed by atoms with E-state index in [9.17, 15) is 9.18 Å². The van der Waals surface area contributed by atoms with Crippen LogP contribution in [0.1, 0.15) is 30.0 Å². The molecule has 2 aliphatic rings. The summed E-state index contributed by atoms with van der Waals surface area (Å²) in [5.74, 6) is -0.316. The third-order valence-electron chi connectivity index (χ3n) is 5.39. The van der Waals surface area contributed by atoms with Crippen LogP contribution < -0.4 is 16.2 Å². The molecule has 1 saturated carbocycles. The van der Waals surface area contributed by atoms with E-state index in [0.29, 0.717) is 13.1 Å². The summed E-state index contributed by atoms with van der Waals surface area (Å²) in [5.41, 5.74) is 8.49. The Balaban J connectivity index is 1.41. The number of hydrogen-bond donors (Lipinski definition) is 3. The Kier molecular flexibility index (Phi) is 4.27. The highest BCUT2D eigenvalue weighted by Crippen LogP contribution is 2.47. The molecule has 1 aliphatic heterocycles. The van der Waals surface area contributed by atoms with Crippen LogP contribution in [0.15, 0.2) is 54.6 Å². The molecule has 1 amide bonds. The molecule has 130 valence electrons. The molecule has 2 aromatic carbocycles. The van der Waals surface area contributed by atoms with Crippen molar-refractivity contribution in [2.45, 2.75) is 24.3 Å². The summed E-state index contributed by atoms with van der Waals surface area (Å²) < 4.78 is 13.1. The van der Waals surface area contributed by atoms with E-state index >= 15 is 0 Å². The molecule has 0 bridgehead atoms. The monoisotopic (exact) mass is 339 g/mol. The summed E-state index contributed by atoms with van der Waals surface area (Å²) in [6, 6.07) is 16.6. The normalized spacial score (nSPS) is 24.0. The summed E-state index contributed by atoms with van der Waals surface area (Å²) in [7, 11) is 0. The number of hydrogen-bond acceptors (Lipinski definition) is 3. The molecule has 0 radical (unpaired) electrons. The van der Waals surface area contributed by atoms with Crippen molar-refractivity contribution in [3.8, 4) is 0 Å². The summed E-state index contributed by atoms with van der Waals surface area (Å²) in [6.45, 7) is 1.21. The molecular formula is C20H22FN3O. The fourth-order valence-electron chi connectivity index (χ4n) is 3.63. The van der Waals surface area contributed by atoms with Gasteiger partial charge in [0.1, 0.15) is 5.82 Å². The molecule has 1 saturated heterocycles. The summed E-state index contributed by atoms with van der Waals surface area (Å²) in [4.78, 5) is 12.7. The zero-order valence-electron chi connectivity index (χ0n) is 14.0. The first-order chi connectivity index (χ1) is 12.2. The van der Waals surface area contributed by atoms with E-state index in [1.807, 2.05) is 42.5 Å². The Hall–Kier alpha value is -2.24. The number of carbonyl (C=O) groups is 1. The van der Waals surface area contributed by atoms with Crippen molar-refractivity contribution < 1.29 is 9.18 Å². The number of rotatable bonds is 5. The number of benzene rings is 2. The molecule has 2 unspecified atom stereocenters. The molecule has 4 rings (SSSR count). The topological polar surface area (TPSA) is 53.2 Å². The maximum atomic E-state index is 13.1. The molecular weight excluding hydrogens is 317 g/mol. The first-order valence-corrected chi connectivity index (χ1v) is 8.75. The molecule has 0 aromatic heterocycles. The van der Waals surface area contributed by atoms with Crippen LogP contribution in [0.2, 0.25) is 0 Å². The maximum Gasteiger partial charge on any atom is 0.226 e. The second kappa shape index (κ2) is 6.58. The summed E-state index contributed by atoms with van der Waals surface area (Å²) >= 11 is 0. The molecule has 25 heavy (non-hydrogen) atoms. The van der Waals surface area contributed by atoms with E-state index in [1.54, 1.807) is 0 Å². The van der Waals surface area contributed by atoms with Gasteiger partial charge < -0.3 is 5.32 Å². The Bertz CT molecular complexity index is 743.